The summed E-state index contributed by atoms with van der Waals surface area (Å²) < 4.78 is 78.3. The Bertz CT molecular complexity index is 356. The van der Waals surface area contributed by atoms with Crippen molar-refractivity contribution in [1.29, 1.82) is 0 Å². The van der Waals surface area contributed by atoms with Gasteiger partial charge in [-0.25, -0.2) is 0 Å². The van der Waals surface area contributed by atoms with E-state index >= 15 is 0 Å². The second kappa shape index (κ2) is 5.40. The molecule has 0 aromatic rings. The molecule has 1 fully saturated rings. The lowest BCUT2D eigenvalue weighted by Gasteiger charge is -2.37. The van der Waals surface area contributed by atoms with E-state index in [2.05, 4.69) is 4.74 Å². The number of rotatable bonds is 3. The Hall–Kier alpha value is -1.03. The van der Waals surface area contributed by atoms with Crippen molar-refractivity contribution in [2.75, 3.05) is 0 Å². The van der Waals surface area contributed by atoms with Crippen molar-refractivity contribution < 1.29 is 35.9 Å². The van der Waals surface area contributed by atoms with Gasteiger partial charge in [-0.15, -0.1) is 0 Å². The van der Waals surface area contributed by atoms with Gasteiger partial charge in [0.25, 0.3) is 0 Å². The van der Waals surface area contributed by atoms with Crippen molar-refractivity contribution in [3.8, 4) is 0 Å². The molecule has 0 aromatic heterocycles. The normalized spacial score (nSPS) is 28.7. The quantitative estimate of drug-likeness (QED) is 0.778. The first-order chi connectivity index (χ1) is 8.86. The second-order valence-corrected chi connectivity index (χ2v) is 4.84. The van der Waals surface area contributed by atoms with Crippen LogP contribution in [0.1, 0.15) is 25.7 Å². The molecule has 4 N–H and O–H groups in total. The van der Waals surface area contributed by atoms with Gasteiger partial charge < -0.3 is 16.2 Å². The van der Waals surface area contributed by atoms with Crippen LogP contribution < -0.4 is 11.5 Å². The van der Waals surface area contributed by atoms with Gasteiger partial charge in [0, 0.05) is 6.42 Å². The highest BCUT2D eigenvalue weighted by molar-refractivity contribution is 5.84. The van der Waals surface area contributed by atoms with Gasteiger partial charge in [0.05, 0.1) is 11.6 Å². The molecule has 1 rings (SSSR count). The molecular weight excluding hydrogens is 294 g/mol. The standard InChI is InChI=1S/C10H14F6N2O2/c11-9(12,13)6(10(14,15)16)20-5-2-1-3-8(18,4-5)7(17)19/h5-6H,1-4,18H2,(H2,17,19). The van der Waals surface area contributed by atoms with E-state index in [1.54, 1.807) is 0 Å². The molecule has 118 valence electrons. The first-order valence-corrected chi connectivity index (χ1v) is 5.74. The van der Waals surface area contributed by atoms with E-state index in [0.717, 1.165) is 0 Å². The zero-order valence-electron chi connectivity index (χ0n) is 10.2. The van der Waals surface area contributed by atoms with Crippen molar-refractivity contribution in [2.45, 2.75) is 55.8 Å². The molecule has 0 heterocycles. The lowest BCUT2D eigenvalue weighted by molar-refractivity contribution is -0.333. The smallest absolute Gasteiger partial charge is 0.368 e. The lowest BCUT2D eigenvalue weighted by Crippen LogP contribution is -2.57. The Morgan fingerprint density at radius 1 is 1.20 bits per heavy atom. The molecule has 0 spiro atoms. The molecule has 1 amide bonds. The van der Waals surface area contributed by atoms with E-state index in [1.807, 2.05) is 0 Å². The third-order valence-electron chi connectivity index (χ3n) is 3.15. The zero-order chi connectivity index (χ0) is 15.8. The van der Waals surface area contributed by atoms with E-state index in [9.17, 15) is 31.1 Å². The molecule has 0 bridgehead atoms. The summed E-state index contributed by atoms with van der Waals surface area (Å²) in [6, 6.07) is 0. The monoisotopic (exact) mass is 308 g/mol. The molecule has 0 aliphatic heterocycles. The molecule has 0 aromatic carbocycles. The summed E-state index contributed by atoms with van der Waals surface area (Å²) in [6.45, 7) is 0. The fourth-order valence-corrected chi connectivity index (χ4v) is 2.13. The first-order valence-electron chi connectivity index (χ1n) is 5.74. The number of ether oxygens (including phenoxy) is 1. The Morgan fingerprint density at radius 2 is 1.70 bits per heavy atom. The number of carbonyl (C=O) groups excluding carboxylic acids is 1. The van der Waals surface area contributed by atoms with Crippen molar-refractivity contribution in [3.63, 3.8) is 0 Å². The number of alkyl halides is 6. The molecule has 1 saturated carbocycles. The van der Waals surface area contributed by atoms with Crippen LogP contribution in [0.5, 0.6) is 0 Å². The van der Waals surface area contributed by atoms with Crippen LogP contribution in [-0.4, -0.2) is 36.0 Å². The van der Waals surface area contributed by atoms with Gasteiger partial charge >= 0.3 is 12.4 Å². The van der Waals surface area contributed by atoms with Crippen molar-refractivity contribution in [2.24, 2.45) is 11.5 Å². The van der Waals surface area contributed by atoms with Crippen molar-refractivity contribution in [3.05, 3.63) is 0 Å². The molecule has 0 radical (unpaired) electrons. The Labute approximate surface area is 110 Å². The Morgan fingerprint density at radius 3 is 2.10 bits per heavy atom. The van der Waals surface area contributed by atoms with Crippen LogP contribution in [0.3, 0.4) is 0 Å². The summed E-state index contributed by atoms with van der Waals surface area (Å²) in [5.41, 5.74) is 8.94. The summed E-state index contributed by atoms with van der Waals surface area (Å²) >= 11 is 0. The topological polar surface area (TPSA) is 78.3 Å². The fourth-order valence-electron chi connectivity index (χ4n) is 2.13. The van der Waals surface area contributed by atoms with Crippen molar-refractivity contribution in [1.82, 2.24) is 0 Å². The number of hydrogen-bond donors (Lipinski definition) is 2. The molecular formula is C10H14F6N2O2. The predicted octanol–water partition coefficient (Wildman–Crippen LogP) is 1.62. The maximum absolute atomic E-state index is 12.4. The maximum atomic E-state index is 12.4. The number of amides is 1. The number of hydrogen-bond acceptors (Lipinski definition) is 3. The van der Waals surface area contributed by atoms with Gasteiger partial charge in [0.15, 0.2) is 0 Å². The van der Waals surface area contributed by atoms with Gasteiger partial charge in [-0.1, -0.05) is 0 Å². The minimum Gasteiger partial charge on any atom is -0.368 e. The molecule has 2 unspecified atom stereocenters. The first kappa shape index (κ1) is 17.0. The molecule has 2 atom stereocenters. The molecule has 0 saturated heterocycles. The second-order valence-electron chi connectivity index (χ2n) is 4.84. The number of carbonyl (C=O) groups is 1. The van der Waals surface area contributed by atoms with Crippen LogP contribution >= 0.6 is 0 Å². The fraction of sp³-hybridized carbons (Fsp3) is 0.900. The summed E-state index contributed by atoms with van der Waals surface area (Å²) in [4.78, 5) is 11.1. The van der Waals surface area contributed by atoms with E-state index in [4.69, 9.17) is 11.5 Å². The Kier molecular flexibility index (Phi) is 4.59. The van der Waals surface area contributed by atoms with E-state index in [-0.39, 0.29) is 19.3 Å². The molecule has 10 heteroatoms. The largest absolute Gasteiger partial charge is 0.423 e. The SMILES string of the molecule is NC(=O)C1(N)CCCC(OC(C(F)(F)F)C(F)(F)F)C1. The highest BCUT2D eigenvalue weighted by Crippen LogP contribution is 2.39. The van der Waals surface area contributed by atoms with E-state index in [0.29, 0.717) is 0 Å². The zero-order valence-corrected chi connectivity index (χ0v) is 10.2. The van der Waals surface area contributed by atoms with Gasteiger partial charge in [0.2, 0.25) is 12.0 Å². The third-order valence-corrected chi connectivity index (χ3v) is 3.15. The lowest BCUT2D eigenvalue weighted by atomic mass is 9.80. The van der Waals surface area contributed by atoms with Gasteiger partial charge in [-0.05, 0) is 19.3 Å². The molecule has 20 heavy (non-hydrogen) atoms. The van der Waals surface area contributed by atoms with Crippen LogP contribution in [0.25, 0.3) is 0 Å². The van der Waals surface area contributed by atoms with Crippen LogP contribution in [0.15, 0.2) is 0 Å². The molecule has 1 aliphatic rings. The van der Waals surface area contributed by atoms with Crippen LogP contribution in [0.4, 0.5) is 26.3 Å². The van der Waals surface area contributed by atoms with Crippen molar-refractivity contribution >= 4 is 5.91 Å². The maximum Gasteiger partial charge on any atom is 0.423 e. The highest BCUT2D eigenvalue weighted by atomic mass is 19.4. The minimum absolute atomic E-state index is 0.0467. The van der Waals surface area contributed by atoms with Gasteiger partial charge in [0.1, 0.15) is 0 Å². The third kappa shape index (κ3) is 3.98. The van der Waals surface area contributed by atoms with E-state index in [1.165, 1.54) is 0 Å². The summed E-state index contributed by atoms with van der Waals surface area (Å²) in [5, 5.41) is 0. The van der Waals surface area contributed by atoms with Crippen LogP contribution in [0.2, 0.25) is 0 Å². The minimum atomic E-state index is -5.58. The van der Waals surface area contributed by atoms with Crippen LogP contribution in [-0.2, 0) is 9.53 Å². The number of halogens is 6. The average molecular weight is 308 g/mol. The van der Waals surface area contributed by atoms with E-state index < -0.39 is 42.4 Å². The number of nitrogens with two attached hydrogens (primary N) is 2. The highest BCUT2D eigenvalue weighted by Gasteiger charge is 2.59. The summed E-state index contributed by atoms with van der Waals surface area (Å²) in [6.07, 6.45) is -16.7. The Balaban J connectivity index is 2.82. The molecule has 1 aliphatic carbocycles. The molecule has 4 nitrogen and oxygen atoms in total. The average Bonchev–Trinajstić information content (AvgIpc) is 2.23. The van der Waals surface area contributed by atoms with Crippen LogP contribution in [0, 0.1) is 0 Å². The summed E-state index contributed by atoms with van der Waals surface area (Å²) in [5.74, 6) is -0.971. The summed E-state index contributed by atoms with van der Waals surface area (Å²) in [7, 11) is 0. The van der Waals surface area contributed by atoms with Gasteiger partial charge in [-0.3, -0.25) is 4.79 Å². The number of primary amides is 1. The van der Waals surface area contributed by atoms with Gasteiger partial charge in [-0.2, -0.15) is 26.3 Å². The predicted molar refractivity (Wildman–Crippen MR) is 55.4 cm³/mol.